The molecule has 3 heterocycles. The van der Waals surface area contributed by atoms with Gasteiger partial charge in [-0.25, -0.2) is 4.98 Å². The lowest BCUT2D eigenvalue weighted by molar-refractivity contribution is -0.130. The van der Waals surface area contributed by atoms with E-state index in [-0.39, 0.29) is 29.2 Å². The molecule has 28 heavy (non-hydrogen) atoms. The highest BCUT2D eigenvalue weighted by Crippen LogP contribution is 2.16. The van der Waals surface area contributed by atoms with Crippen LogP contribution in [0.2, 0.25) is 0 Å². The third-order valence-electron chi connectivity index (χ3n) is 4.97. The first kappa shape index (κ1) is 19.9. The average Bonchev–Trinajstić information content (AvgIpc) is 3.07. The summed E-state index contributed by atoms with van der Waals surface area (Å²) in [5.41, 5.74) is 0.866. The molecule has 3 rings (SSSR count). The molecule has 2 aromatic heterocycles. The Morgan fingerprint density at radius 1 is 1.11 bits per heavy atom. The lowest BCUT2D eigenvalue weighted by Crippen LogP contribution is -2.50. The zero-order valence-electron chi connectivity index (χ0n) is 16.6. The van der Waals surface area contributed by atoms with Crippen molar-refractivity contribution in [2.75, 3.05) is 32.7 Å². The van der Waals surface area contributed by atoms with Gasteiger partial charge in [0.25, 0.3) is 11.8 Å². The van der Waals surface area contributed by atoms with E-state index in [1.165, 1.54) is 6.92 Å². The van der Waals surface area contributed by atoms with Crippen LogP contribution >= 0.6 is 0 Å². The second-order valence-corrected chi connectivity index (χ2v) is 7.48. The monoisotopic (exact) mass is 385 g/mol. The summed E-state index contributed by atoms with van der Waals surface area (Å²) in [6.45, 7) is 8.22. The number of hydrogen-bond donors (Lipinski definition) is 1. The summed E-state index contributed by atoms with van der Waals surface area (Å²) in [6, 6.07) is 5.41. The van der Waals surface area contributed by atoms with Gasteiger partial charge < -0.3 is 15.1 Å². The van der Waals surface area contributed by atoms with Crippen molar-refractivity contribution in [3.05, 3.63) is 35.9 Å². The van der Waals surface area contributed by atoms with E-state index in [4.69, 9.17) is 0 Å². The van der Waals surface area contributed by atoms with Crippen LogP contribution in [0.25, 0.3) is 5.52 Å². The van der Waals surface area contributed by atoms with E-state index in [1.807, 2.05) is 6.07 Å². The Morgan fingerprint density at radius 3 is 2.43 bits per heavy atom. The van der Waals surface area contributed by atoms with Gasteiger partial charge in [0.2, 0.25) is 11.7 Å². The predicted octanol–water partition coefficient (Wildman–Crippen LogP) is 1.41. The molecule has 1 saturated heterocycles. The minimum absolute atomic E-state index is 0.0127. The van der Waals surface area contributed by atoms with Gasteiger partial charge in [-0.1, -0.05) is 19.9 Å². The molecule has 8 nitrogen and oxygen atoms in total. The van der Waals surface area contributed by atoms with Gasteiger partial charge >= 0.3 is 0 Å². The third-order valence-corrected chi connectivity index (χ3v) is 4.97. The predicted molar refractivity (Wildman–Crippen MR) is 105 cm³/mol. The molecule has 1 aliphatic rings. The molecule has 0 unspecified atom stereocenters. The fourth-order valence-electron chi connectivity index (χ4n) is 3.28. The van der Waals surface area contributed by atoms with E-state index in [1.54, 1.807) is 32.5 Å². The molecule has 2 aromatic rings. The summed E-state index contributed by atoms with van der Waals surface area (Å²) in [7, 11) is 0. The van der Waals surface area contributed by atoms with E-state index in [0.717, 1.165) is 6.42 Å². The Hall–Kier alpha value is -2.90. The summed E-state index contributed by atoms with van der Waals surface area (Å²) in [5, 5.41) is 2.89. The van der Waals surface area contributed by atoms with Crippen LogP contribution in [0.4, 0.5) is 0 Å². The van der Waals surface area contributed by atoms with Gasteiger partial charge in [0.05, 0.1) is 5.52 Å². The van der Waals surface area contributed by atoms with Gasteiger partial charge in [-0.15, -0.1) is 0 Å². The van der Waals surface area contributed by atoms with Crippen molar-refractivity contribution in [1.82, 2.24) is 24.5 Å². The van der Waals surface area contributed by atoms with E-state index in [9.17, 15) is 14.4 Å². The van der Waals surface area contributed by atoms with Crippen molar-refractivity contribution < 1.29 is 14.4 Å². The number of nitrogens with one attached hydrogen (secondary N) is 1. The number of imidazole rings is 1. The highest BCUT2D eigenvalue weighted by atomic mass is 16.2. The number of nitrogens with zero attached hydrogens (tertiary/aromatic N) is 4. The number of carbonyl (C=O) groups excluding carboxylic acids is 3. The zero-order chi connectivity index (χ0) is 20.3. The second kappa shape index (κ2) is 8.41. The molecule has 0 aliphatic carbocycles. The van der Waals surface area contributed by atoms with E-state index < -0.39 is 0 Å². The zero-order valence-corrected chi connectivity index (χ0v) is 16.6. The third kappa shape index (κ3) is 4.16. The summed E-state index contributed by atoms with van der Waals surface area (Å²) < 4.78 is 1.66. The summed E-state index contributed by atoms with van der Waals surface area (Å²) in [4.78, 5) is 44.9. The molecule has 0 saturated carbocycles. The molecule has 0 atom stereocenters. The number of piperazine rings is 1. The van der Waals surface area contributed by atoms with Gasteiger partial charge in [0.1, 0.15) is 0 Å². The maximum absolute atomic E-state index is 13.0. The van der Waals surface area contributed by atoms with Crippen LogP contribution in [0.5, 0.6) is 0 Å². The first-order valence-corrected chi connectivity index (χ1v) is 9.68. The summed E-state index contributed by atoms with van der Waals surface area (Å²) in [6.07, 6.45) is 2.62. The Balaban J connectivity index is 1.81. The highest BCUT2D eigenvalue weighted by molar-refractivity contribution is 6.02. The fourth-order valence-corrected chi connectivity index (χ4v) is 3.28. The maximum atomic E-state index is 13.0. The molecule has 8 heteroatoms. The number of hydrogen-bond acceptors (Lipinski definition) is 4. The Kier molecular flexibility index (Phi) is 5.96. The number of rotatable bonds is 5. The average molecular weight is 385 g/mol. The van der Waals surface area contributed by atoms with Crippen molar-refractivity contribution in [1.29, 1.82) is 0 Å². The van der Waals surface area contributed by atoms with Crippen LogP contribution in [0.1, 0.15) is 48.3 Å². The quantitative estimate of drug-likeness (QED) is 0.843. The molecule has 150 valence electrons. The second-order valence-electron chi connectivity index (χ2n) is 7.48. The number of pyridine rings is 1. The van der Waals surface area contributed by atoms with Gasteiger partial charge in [-0.05, 0) is 24.5 Å². The topological polar surface area (TPSA) is 87.0 Å². The largest absolute Gasteiger partial charge is 0.351 e. The van der Waals surface area contributed by atoms with Crippen molar-refractivity contribution >= 4 is 23.2 Å². The maximum Gasteiger partial charge on any atom is 0.290 e. The van der Waals surface area contributed by atoms with E-state index in [2.05, 4.69) is 24.1 Å². The molecule has 0 radical (unpaired) electrons. The molecule has 1 aliphatic heterocycles. The van der Waals surface area contributed by atoms with Crippen molar-refractivity contribution in [3.8, 4) is 0 Å². The minimum Gasteiger partial charge on any atom is -0.351 e. The summed E-state index contributed by atoms with van der Waals surface area (Å²) in [5.74, 6) is 0.222. The molecule has 0 aromatic carbocycles. The van der Waals surface area contributed by atoms with Crippen LogP contribution in [-0.2, 0) is 4.79 Å². The molecule has 3 amide bonds. The van der Waals surface area contributed by atoms with E-state index in [0.29, 0.717) is 44.2 Å². The first-order valence-electron chi connectivity index (χ1n) is 9.68. The van der Waals surface area contributed by atoms with Crippen molar-refractivity contribution in [3.63, 3.8) is 0 Å². The Morgan fingerprint density at radius 2 is 1.79 bits per heavy atom. The molecule has 1 N–H and O–H groups in total. The SMILES string of the molecule is CC(=O)N1CCN(C(=O)c2nc(C(=O)NCCC(C)C)c3ccccn23)CC1. The minimum atomic E-state index is -0.273. The van der Waals surface area contributed by atoms with Gasteiger partial charge in [0, 0.05) is 45.8 Å². The molecule has 0 bridgehead atoms. The number of fused-ring (bicyclic) bond motifs is 1. The number of carbonyl (C=O) groups is 3. The lowest BCUT2D eigenvalue weighted by Gasteiger charge is -2.33. The first-order chi connectivity index (χ1) is 13.4. The van der Waals surface area contributed by atoms with Crippen LogP contribution in [-0.4, -0.2) is 69.6 Å². The number of amides is 3. The highest BCUT2D eigenvalue weighted by Gasteiger charge is 2.28. The van der Waals surface area contributed by atoms with E-state index >= 15 is 0 Å². The van der Waals surface area contributed by atoms with Crippen LogP contribution in [0.3, 0.4) is 0 Å². The molecule has 0 spiro atoms. The van der Waals surface area contributed by atoms with Crippen molar-refractivity contribution in [2.24, 2.45) is 5.92 Å². The number of aromatic nitrogens is 2. The van der Waals surface area contributed by atoms with Gasteiger partial charge in [0.15, 0.2) is 5.69 Å². The Bertz CT molecular complexity index is 881. The molecular formula is C20H27N5O3. The van der Waals surface area contributed by atoms with Crippen LogP contribution in [0, 0.1) is 5.92 Å². The van der Waals surface area contributed by atoms with Gasteiger partial charge in [-0.2, -0.15) is 0 Å². The van der Waals surface area contributed by atoms with Crippen LogP contribution < -0.4 is 5.32 Å². The summed E-state index contributed by atoms with van der Waals surface area (Å²) >= 11 is 0. The standard InChI is InChI=1S/C20H27N5O3/c1-14(2)7-8-21-19(27)17-16-6-4-5-9-25(16)18(22-17)20(28)24-12-10-23(11-13-24)15(3)26/h4-6,9,14H,7-8,10-13H2,1-3H3,(H,21,27). The smallest absolute Gasteiger partial charge is 0.290 e. The lowest BCUT2D eigenvalue weighted by atomic mass is 10.1. The molecular weight excluding hydrogens is 358 g/mol. The molecule has 1 fully saturated rings. The fraction of sp³-hybridized carbons (Fsp3) is 0.500. The Labute approximate surface area is 164 Å². The van der Waals surface area contributed by atoms with Crippen molar-refractivity contribution in [2.45, 2.75) is 27.2 Å². The normalized spacial score (nSPS) is 14.6. The van der Waals surface area contributed by atoms with Crippen LogP contribution in [0.15, 0.2) is 24.4 Å². The van der Waals surface area contributed by atoms with Gasteiger partial charge in [-0.3, -0.25) is 18.8 Å².